The predicted octanol–water partition coefficient (Wildman–Crippen LogP) is 4.46. The second kappa shape index (κ2) is 13.5. The minimum absolute atomic E-state index is 0.297. The minimum Gasteiger partial charge on any atom is -0.492 e. The van der Waals surface area contributed by atoms with Gasteiger partial charge in [-0.15, -0.1) is 0 Å². The highest BCUT2D eigenvalue weighted by molar-refractivity contribution is 6.22. The summed E-state index contributed by atoms with van der Waals surface area (Å²) in [4.78, 5) is 39.0. The lowest BCUT2D eigenvalue weighted by atomic mass is 10.0. The Morgan fingerprint density at radius 2 is 1.73 bits per heavy atom. The lowest BCUT2D eigenvalue weighted by molar-refractivity contribution is 0.0592. The molecule has 40 heavy (non-hydrogen) atoms. The van der Waals surface area contributed by atoms with Gasteiger partial charge in [-0.3, -0.25) is 14.5 Å². The van der Waals surface area contributed by atoms with Crippen LogP contribution in [0.15, 0.2) is 67.0 Å². The van der Waals surface area contributed by atoms with Gasteiger partial charge in [-0.2, -0.15) is 0 Å². The Hall–Kier alpha value is -4.47. The van der Waals surface area contributed by atoms with Gasteiger partial charge >= 0.3 is 6.09 Å². The van der Waals surface area contributed by atoms with Crippen molar-refractivity contribution in [3.8, 4) is 11.5 Å². The summed E-state index contributed by atoms with van der Waals surface area (Å²) in [6, 6.07) is 12.0. The van der Waals surface area contributed by atoms with Gasteiger partial charge in [0.2, 0.25) is 0 Å². The molecule has 212 valence electrons. The van der Waals surface area contributed by atoms with E-state index in [0.29, 0.717) is 74.1 Å². The Labute approximate surface area is 234 Å². The van der Waals surface area contributed by atoms with Gasteiger partial charge in [0.25, 0.3) is 11.8 Å². The highest BCUT2D eigenvalue weighted by Gasteiger charge is 2.42. The standard InChI is InChI=1S/C30H36N4O6/c1-4-5-15-40-30(37)32-14-17-39-24-8-6-7-23(19-24)38-16-13-31-22-10-11-25-26(18-22)29(36)34(28(25)35)27-12-9-20(2)33-21(27)3/h6-8,10-11,18-19,27,31,33H,2-5,9,12-17H2,1H3,(H,32,37). The van der Waals surface area contributed by atoms with Crippen LogP contribution in [0.5, 0.6) is 11.5 Å². The Balaban J connectivity index is 1.21. The van der Waals surface area contributed by atoms with E-state index in [1.807, 2.05) is 25.1 Å². The number of fused-ring (bicyclic) bond motifs is 1. The van der Waals surface area contributed by atoms with Crippen LogP contribution in [0.4, 0.5) is 10.5 Å². The molecule has 4 rings (SSSR count). The number of unbranched alkanes of at least 4 members (excludes halogenated alkanes) is 1. The lowest BCUT2D eigenvalue weighted by Crippen LogP contribution is -2.46. The largest absolute Gasteiger partial charge is 0.492 e. The van der Waals surface area contributed by atoms with Crippen LogP contribution in [0.2, 0.25) is 0 Å². The zero-order valence-electron chi connectivity index (χ0n) is 22.8. The predicted molar refractivity (Wildman–Crippen MR) is 152 cm³/mol. The SMILES string of the molecule is C=C1CCC(N2C(=O)c3ccc(NCCOc4cccc(OCCNC(=O)OCCCC)c4)cc3C2=O)C(=C)N1. The van der Waals surface area contributed by atoms with Gasteiger partial charge in [-0.1, -0.05) is 32.6 Å². The van der Waals surface area contributed by atoms with E-state index in [0.717, 1.165) is 24.2 Å². The highest BCUT2D eigenvalue weighted by Crippen LogP contribution is 2.32. The van der Waals surface area contributed by atoms with Crippen LogP contribution < -0.4 is 25.4 Å². The highest BCUT2D eigenvalue weighted by atomic mass is 16.5. The van der Waals surface area contributed by atoms with Gasteiger partial charge in [0, 0.05) is 29.7 Å². The van der Waals surface area contributed by atoms with Gasteiger partial charge in [-0.25, -0.2) is 4.79 Å². The van der Waals surface area contributed by atoms with Crippen LogP contribution in [0.25, 0.3) is 0 Å². The first-order chi connectivity index (χ1) is 19.4. The number of piperidine rings is 1. The molecule has 1 unspecified atom stereocenters. The van der Waals surface area contributed by atoms with Crippen molar-refractivity contribution in [2.45, 2.75) is 38.6 Å². The van der Waals surface area contributed by atoms with E-state index in [-0.39, 0.29) is 11.8 Å². The first-order valence-electron chi connectivity index (χ1n) is 13.5. The third-order valence-corrected chi connectivity index (χ3v) is 6.57. The molecule has 1 atom stereocenters. The Kier molecular flexibility index (Phi) is 9.66. The fourth-order valence-corrected chi connectivity index (χ4v) is 4.50. The van der Waals surface area contributed by atoms with E-state index in [4.69, 9.17) is 14.2 Å². The minimum atomic E-state index is -0.447. The van der Waals surface area contributed by atoms with Crippen LogP contribution >= 0.6 is 0 Å². The van der Waals surface area contributed by atoms with E-state index in [1.165, 1.54) is 4.90 Å². The third-order valence-electron chi connectivity index (χ3n) is 6.57. The Morgan fingerprint density at radius 3 is 2.45 bits per heavy atom. The van der Waals surface area contributed by atoms with Crippen molar-refractivity contribution in [1.29, 1.82) is 0 Å². The fourth-order valence-electron chi connectivity index (χ4n) is 4.50. The summed E-state index contributed by atoms with van der Waals surface area (Å²) in [5, 5.41) is 8.96. The molecule has 1 fully saturated rings. The summed E-state index contributed by atoms with van der Waals surface area (Å²) in [6.07, 6.45) is 2.64. The van der Waals surface area contributed by atoms with E-state index in [2.05, 4.69) is 29.1 Å². The second-order valence-electron chi connectivity index (χ2n) is 9.56. The number of rotatable bonds is 13. The topological polar surface area (TPSA) is 118 Å². The van der Waals surface area contributed by atoms with E-state index >= 15 is 0 Å². The van der Waals surface area contributed by atoms with Crippen molar-refractivity contribution >= 4 is 23.6 Å². The van der Waals surface area contributed by atoms with E-state index < -0.39 is 12.1 Å². The van der Waals surface area contributed by atoms with Crippen molar-refractivity contribution in [2.24, 2.45) is 0 Å². The molecular formula is C30H36N4O6. The molecule has 2 aromatic carbocycles. The number of carbonyl (C=O) groups is 3. The monoisotopic (exact) mass is 548 g/mol. The average Bonchev–Trinajstić information content (AvgIpc) is 3.18. The fraction of sp³-hybridized carbons (Fsp3) is 0.367. The molecule has 10 nitrogen and oxygen atoms in total. The maximum atomic E-state index is 13.1. The second-order valence-corrected chi connectivity index (χ2v) is 9.56. The maximum Gasteiger partial charge on any atom is 0.407 e. The van der Waals surface area contributed by atoms with Gasteiger partial charge < -0.3 is 30.2 Å². The number of imide groups is 1. The Bertz CT molecular complexity index is 1280. The zero-order chi connectivity index (χ0) is 28.5. The molecule has 10 heteroatoms. The number of nitrogens with zero attached hydrogens (tertiary/aromatic N) is 1. The van der Waals surface area contributed by atoms with Crippen LogP contribution in [0.3, 0.4) is 0 Å². The summed E-state index contributed by atoms with van der Waals surface area (Å²) in [7, 11) is 0. The number of hydrogen-bond donors (Lipinski definition) is 3. The first-order valence-corrected chi connectivity index (χ1v) is 13.5. The summed E-state index contributed by atoms with van der Waals surface area (Å²) >= 11 is 0. The molecule has 2 aromatic rings. The van der Waals surface area contributed by atoms with Gasteiger partial charge in [0.05, 0.1) is 30.3 Å². The zero-order valence-corrected chi connectivity index (χ0v) is 22.8. The van der Waals surface area contributed by atoms with Crippen LogP contribution in [0, 0.1) is 0 Å². The van der Waals surface area contributed by atoms with Crippen molar-refractivity contribution in [2.75, 3.05) is 38.2 Å². The molecule has 2 aliphatic rings. The summed E-state index contributed by atoms with van der Waals surface area (Å²) in [6.45, 7) is 11.8. The molecule has 0 saturated carbocycles. The van der Waals surface area contributed by atoms with Crippen molar-refractivity contribution in [1.82, 2.24) is 15.5 Å². The number of amides is 3. The average molecular weight is 549 g/mol. The number of nitrogens with one attached hydrogen (secondary N) is 3. The number of allylic oxidation sites excluding steroid dienone is 1. The summed E-state index contributed by atoms with van der Waals surface area (Å²) in [5.74, 6) is 0.639. The third kappa shape index (κ3) is 7.13. The van der Waals surface area contributed by atoms with Crippen LogP contribution in [0.1, 0.15) is 53.3 Å². The first kappa shape index (κ1) is 28.5. The molecule has 0 spiro atoms. The molecule has 0 aromatic heterocycles. The molecule has 2 aliphatic heterocycles. The van der Waals surface area contributed by atoms with E-state index in [9.17, 15) is 14.4 Å². The van der Waals surface area contributed by atoms with Crippen LogP contribution in [-0.2, 0) is 4.74 Å². The van der Waals surface area contributed by atoms with Crippen LogP contribution in [-0.4, -0.2) is 61.8 Å². The van der Waals surface area contributed by atoms with Gasteiger partial charge in [-0.05, 0) is 49.6 Å². The van der Waals surface area contributed by atoms with Crippen molar-refractivity contribution in [3.63, 3.8) is 0 Å². The van der Waals surface area contributed by atoms with Gasteiger partial charge in [0.15, 0.2) is 0 Å². The van der Waals surface area contributed by atoms with Crippen molar-refractivity contribution < 1.29 is 28.6 Å². The van der Waals surface area contributed by atoms with E-state index in [1.54, 1.807) is 24.3 Å². The molecule has 0 bridgehead atoms. The smallest absolute Gasteiger partial charge is 0.407 e. The summed E-state index contributed by atoms with van der Waals surface area (Å²) in [5.41, 5.74) is 2.93. The molecule has 3 N–H and O–H groups in total. The quantitative estimate of drug-likeness (QED) is 0.248. The Morgan fingerprint density at radius 1 is 1.00 bits per heavy atom. The van der Waals surface area contributed by atoms with Crippen molar-refractivity contribution in [3.05, 3.63) is 78.1 Å². The molecule has 1 saturated heterocycles. The lowest BCUT2D eigenvalue weighted by Gasteiger charge is -2.33. The summed E-state index contributed by atoms with van der Waals surface area (Å²) < 4.78 is 16.5. The molecule has 2 heterocycles. The number of alkyl carbamates (subject to hydrolysis) is 1. The number of anilines is 1. The maximum absolute atomic E-state index is 13.1. The normalized spacial score (nSPS) is 16.3. The number of benzene rings is 2. The number of carbonyl (C=O) groups excluding carboxylic acids is 3. The molecule has 0 aliphatic carbocycles. The van der Waals surface area contributed by atoms with Gasteiger partial charge in [0.1, 0.15) is 24.7 Å². The molecule has 0 radical (unpaired) electrons. The molecular weight excluding hydrogens is 512 g/mol. The molecule has 3 amide bonds. The number of ether oxygens (including phenoxy) is 3. The number of hydrogen-bond acceptors (Lipinski definition) is 8.